The monoisotopic (exact) mass is 165 g/mol. The molecule has 0 spiro atoms. The van der Waals surface area contributed by atoms with E-state index in [1.54, 1.807) is 6.20 Å². The van der Waals surface area contributed by atoms with Gasteiger partial charge in [-0.15, -0.1) is 0 Å². The van der Waals surface area contributed by atoms with E-state index >= 15 is 0 Å². The lowest BCUT2D eigenvalue weighted by Crippen LogP contribution is -2.19. The molecule has 66 valence electrons. The highest BCUT2D eigenvalue weighted by Crippen LogP contribution is 2.23. The first-order valence-electron chi connectivity index (χ1n) is 4.22. The maximum absolute atomic E-state index is 9.89. The summed E-state index contributed by atoms with van der Waals surface area (Å²) in [7, 11) is 0. The van der Waals surface area contributed by atoms with Crippen LogP contribution in [0.25, 0.3) is 0 Å². The average molecular weight is 165 g/mol. The second kappa shape index (κ2) is 3.23. The maximum atomic E-state index is 9.89. The molecule has 0 aromatic carbocycles. The Morgan fingerprint density at radius 2 is 2.25 bits per heavy atom. The van der Waals surface area contributed by atoms with Crippen LogP contribution in [-0.2, 0) is 5.60 Å². The summed E-state index contributed by atoms with van der Waals surface area (Å²) >= 11 is 0. The molecular weight excluding hydrogens is 150 g/mol. The Kier molecular flexibility index (Phi) is 2.48. The van der Waals surface area contributed by atoms with Crippen molar-refractivity contribution < 1.29 is 5.11 Å². The van der Waals surface area contributed by atoms with Gasteiger partial charge in [0.05, 0.1) is 5.60 Å². The molecule has 0 aliphatic carbocycles. The topological polar surface area (TPSA) is 33.1 Å². The van der Waals surface area contributed by atoms with E-state index in [9.17, 15) is 5.11 Å². The zero-order valence-corrected chi connectivity index (χ0v) is 7.83. The molecule has 2 nitrogen and oxygen atoms in total. The number of aliphatic hydroxyl groups is 1. The third kappa shape index (κ3) is 1.83. The average Bonchev–Trinajstić information content (AvgIpc) is 2.05. The molecule has 1 aromatic rings. The Balaban J connectivity index is 3.03. The fourth-order valence-electron chi connectivity index (χ4n) is 1.08. The Labute approximate surface area is 73.3 Å². The number of aromatic nitrogens is 1. The van der Waals surface area contributed by atoms with Crippen LogP contribution < -0.4 is 0 Å². The first-order valence-corrected chi connectivity index (χ1v) is 4.22. The van der Waals surface area contributed by atoms with E-state index in [1.165, 1.54) is 0 Å². The van der Waals surface area contributed by atoms with Gasteiger partial charge in [0.1, 0.15) is 0 Å². The summed E-state index contributed by atoms with van der Waals surface area (Å²) in [5.74, 6) is 0. The standard InChI is InChI=1S/C10H15NO/c1-4-10(3,12)9-5-6-11-8(2)7-9/h5-7,12H,4H2,1-3H3. The van der Waals surface area contributed by atoms with Gasteiger partial charge < -0.3 is 5.11 Å². The molecule has 0 saturated carbocycles. The van der Waals surface area contributed by atoms with Crippen molar-refractivity contribution in [2.45, 2.75) is 32.8 Å². The summed E-state index contributed by atoms with van der Waals surface area (Å²) in [6, 6.07) is 3.78. The predicted molar refractivity (Wildman–Crippen MR) is 48.8 cm³/mol. The molecule has 0 radical (unpaired) electrons. The number of pyridine rings is 1. The van der Waals surface area contributed by atoms with Crippen LogP contribution in [-0.4, -0.2) is 10.1 Å². The molecule has 1 aromatic heterocycles. The number of hydrogen-bond donors (Lipinski definition) is 1. The molecule has 0 amide bonds. The molecule has 2 heteroatoms. The van der Waals surface area contributed by atoms with Gasteiger partial charge in [-0.3, -0.25) is 4.98 Å². The zero-order valence-electron chi connectivity index (χ0n) is 7.83. The van der Waals surface area contributed by atoms with E-state index in [-0.39, 0.29) is 0 Å². The van der Waals surface area contributed by atoms with Crippen molar-refractivity contribution in [3.63, 3.8) is 0 Å². The van der Waals surface area contributed by atoms with Gasteiger partial charge in [-0.05, 0) is 38.0 Å². The van der Waals surface area contributed by atoms with Crippen molar-refractivity contribution in [1.29, 1.82) is 0 Å². The van der Waals surface area contributed by atoms with Crippen molar-refractivity contribution in [2.24, 2.45) is 0 Å². The summed E-state index contributed by atoms with van der Waals surface area (Å²) in [4.78, 5) is 4.08. The molecule has 0 fully saturated rings. The van der Waals surface area contributed by atoms with Crippen LogP contribution in [0.5, 0.6) is 0 Å². The Hall–Kier alpha value is -0.890. The van der Waals surface area contributed by atoms with Crippen LogP contribution in [0.2, 0.25) is 0 Å². The van der Waals surface area contributed by atoms with Gasteiger partial charge in [0, 0.05) is 11.9 Å². The van der Waals surface area contributed by atoms with Gasteiger partial charge in [-0.25, -0.2) is 0 Å². The predicted octanol–water partition coefficient (Wildman–Crippen LogP) is 2.01. The van der Waals surface area contributed by atoms with Crippen LogP contribution in [0.3, 0.4) is 0 Å². The second-order valence-electron chi connectivity index (χ2n) is 3.31. The van der Waals surface area contributed by atoms with Gasteiger partial charge in [-0.2, -0.15) is 0 Å². The van der Waals surface area contributed by atoms with Crippen molar-refractivity contribution in [3.05, 3.63) is 29.6 Å². The molecule has 12 heavy (non-hydrogen) atoms. The molecule has 1 heterocycles. The number of hydrogen-bond acceptors (Lipinski definition) is 2. The summed E-state index contributed by atoms with van der Waals surface area (Å²) in [5, 5.41) is 9.89. The van der Waals surface area contributed by atoms with Crippen molar-refractivity contribution in [1.82, 2.24) is 4.98 Å². The largest absolute Gasteiger partial charge is 0.385 e. The third-order valence-electron chi connectivity index (χ3n) is 2.21. The normalized spacial score (nSPS) is 15.7. The van der Waals surface area contributed by atoms with Gasteiger partial charge in [0.25, 0.3) is 0 Å². The van der Waals surface area contributed by atoms with E-state index in [0.717, 1.165) is 17.7 Å². The third-order valence-corrected chi connectivity index (χ3v) is 2.21. The highest BCUT2D eigenvalue weighted by molar-refractivity contribution is 5.21. The van der Waals surface area contributed by atoms with Crippen molar-refractivity contribution in [2.75, 3.05) is 0 Å². The first kappa shape index (κ1) is 9.20. The highest BCUT2D eigenvalue weighted by atomic mass is 16.3. The molecule has 1 rings (SSSR count). The maximum Gasteiger partial charge on any atom is 0.0867 e. The smallest absolute Gasteiger partial charge is 0.0867 e. The van der Waals surface area contributed by atoms with Crippen LogP contribution >= 0.6 is 0 Å². The van der Waals surface area contributed by atoms with Gasteiger partial charge in [0.15, 0.2) is 0 Å². The first-order chi connectivity index (χ1) is 5.56. The van der Waals surface area contributed by atoms with Crippen LogP contribution in [0, 0.1) is 6.92 Å². The molecule has 0 bridgehead atoms. The van der Waals surface area contributed by atoms with Crippen molar-refractivity contribution >= 4 is 0 Å². The molecular formula is C10H15NO. The summed E-state index contributed by atoms with van der Waals surface area (Å²) in [6.07, 6.45) is 2.45. The highest BCUT2D eigenvalue weighted by Gasteiger charge is 2.19. The molecule has 1 unspecified atom stereocenters. The summed E-state index contributed by atoms with van der Waals surface area (Å²) in [5.41, 5.74) is 1.17. The fourth-order valence-corrected chi connectivity index (χ4v) is 1.08. The van der Waals surface area contributed by atoms with Crippen LogP contribution in [0.15, 0.2) is 18.3 Å². The van der Waals surface area contributed by atoms with Gasteiger partial charge >= 0.3 is 0 Å². The van der Waals surface area contributed by atoms with Gasteiger partial charge in [-0.1, -0.05) is 6.92 Å². The Morgan fingerprint density at radius 3 is 2.75 bits per heavy atom. The minimum atomic E-state index is -0.715. The van der Waals surface area contributed by atoms with Gasteiger partial charge in [0.2, 0.25) is 0 Å². The fraction of sp³-hybridized carbons (Fsp3) is 0.500. The molecule has 0 saturated heterocycles. The van der Waals surface area contributed by atoms with E-state index in [1.807, 2.05) is 32.9 Å². The number of nitrogens with zero attached hydrogens (tertiary/aromatic N) is 1. The quantitative estimate of drug-likeness (QED) is 0.727. The molecule has 0 aliphatic rings. The van der Waals surface area contributed by atoms with E-state index < -0.39 is 5.60 Å². The van der Waals surface area contributed by atoms with E-state index in [2.05, 4.69) is 4.98 Å². The SMILES string of the molecule is CCC(C)(O)c1ccnc(C)c1. The summed E-state index contributed by atoms with van der Waals surface area (Å²) < 4.78 is 0. The molecule has 1 atom stereocenters. The summed E-state index contributed by atoms with van der Waals surface area (Å²) in [6.45, 7) is 5.72. The van der Waals surface area contributed by atoms with Crippen LogP contribution in [0.1, 0.15) is 31.5 Å². The Morgan fingerprint density at radius 1 is 1.58 bits per heavy atom. The van der Waals surface area contributed by atoms with E-state index in [4.69, 9.17) is 0 Å². The van der Waals surface area contributed by atoms with E-state index in [0.29, 0.717) is 0 Å². The lowest BCUT2D eigenvalue weighted by Gasteiger charge is -2.21. The second-order valence-corrected chi connectivity index (χ2v) is 3.31. The van der Waals surface area contributed by atoms with Crippen molar-refractivity contribution in [3.8, 4) is 0 Å². The number of aryl methyl sites for hydroxylation is 1. The molecule has 0 aliphatic heterocycles. The lowest BCUT2D eigenvalue weighted by atomic mass is 9.94. The number of rotatable bonds is 2. The molecule has 1 N–H and O–H groups in total. The lowest BCUT2D eigenvalue weighted by molar-refractivity contribution is 0.0529. The minimum absolute atomic E-state index is 0.715. The zero-order chi connectivity index (χ0) is 9.19. The Bertz CT molecular complexity index is 268. The minimum Gasteiger partial charge on any atom is -0.385 e. The van der Waals surface area contributed by atoms with Crippen LogP contribution in [0.4, 0.5) is 0 Å².